The van der Waals surface area contributed by atoms with E-state index in [2.05, 4.69) is 179 Å². The minimum atomic E-state index is -0.837. The van der Waals surface area contributed by atoms with Gasteiger partial charge in [-0.05, 0) is 135 Å². The number of hydrogen-bond donors (Lipinski definition) is 0. The Hall–Kier alpha value is -5.23. The summed E-state index contributed by atoms with van der Waals surface area (Å²) in [4.78, 5) is 38.3. The highest BCUT2D eigenvalue weighted by Crippen LogP contribution is 2.14. The molecule has 0 rings (SSSR count). The van der Waals surface area contributed by atoms with Gasteiger partial charge in [0.1, 0.15) is 13.2 Å². The van der Waals surface area contributed by atoms with E-state index in [4.69, 9.17) is 14.2 Å². The highest BCUT2D eigenvalue weighted by atomic mass is 16.6. The number of rotatable bonds is 55. The van der Waals surface area contributed by atoms with Crippen LogP contribution in [0.15, 0.2) is 170 Å². The molecule has 0 aliphatic heterocycles. The monoisotopic (exact) mass is 1090 g/mol. The molecule has 0 aromatic heterocycles. The molecule has 1 unspecified atom stereocenters. The van der Waals surface area contributed by atoms with Gasteiger partial charge in [-0.2, -0.15) is 0 Å². The SMILES string of the molecule is CC/C=C\C/C=C\C/C=C\C/C=C\C/C=C\C/C=C\CCC(=O)OC(COC(=O)CCCCCCCC/C=C\C/C=C\C/C=C\C/C=C\CC)COC(=O)CCCCCCCCCCCC/C=C\C/C=C\C/C=C\C/C=C\CC. The zero-order chi connectivity index (χ0) is 57.1. The van der Waals surface area contributed by atoms with Crippen LogP contribution in [-0.2, 0) is 28.6 Å². The lowest BCUT2D eigenvalue weighted by molar-refractivity contribution is -0.166. The van der Waals surface area contributed by atoms with Gasteiger partial charge in [0.15, 0.2) is 6.10 Å². The van der Waals surface area contributed by atoms with Crippen molar-refractivity contribution in [2.45, 2.75) is 258 Å². The van der Waals surface area contributed by atoms with Crippen molar-refractivity contribution < 1.29 is 28.6 Å². The molecule has 6 heteroatoms. The molecule has 0 bridgehead atoms. The maximum absolute atomic E-state index is 12.9. The van der Waals surface area contributed by atoms with Gasteiger partial charge in [0.25, 0.3) is 0 Å². The molecule has 0 heterocycles. The molecule has 6 nitrogen and oxygen atoms in total. The average Bonchev–Trinajstić information content (AvgIpc) is 3.45. The van der Waals surface area contributed by atoms with E-state index in [1.165, 1.54) is 64.2 Å². The van der Waals surface area contributed by atoms with E-state index in [-0.39, 0.29) is 31.6 Å². The zero-order valence-electron chi connectivity index (χ0n) is 50.6. The largest absolute Gasteiger partial charge is 0.462 e. The smallest absolute Gasteiger partial charge is 0.306 e. The van der Waals surface area contributed by atoms with Crippen LogP contribution in [-0.4, -0.2) is 37.2 Å². The quantitative estimate of drug-likeness (QED) is 0.0261. The maximum atomic E-state index is 12.9. The van der Waals surface area contributed by atoms with Crippen LogP contribution in [0.4, 0.5) is 0 Å². The Bertz CT molecular complexity index is 1820. The molecule has 1 atom stereocenters. The molecule has 0 saturated heterocycles. The van der Waals surface area contributed by atoms with Crippen LogP contribution in [0.25, 0.3) is 0 Å². The maximum Gasteiger partial charge on any atom is 0.306 e. The van der Waals surface area contributed by atoms with E-state index in [9.17, 15) is 14.4 Å². The van der Waals surface area contributed by atoms with Gasteiger partial charge >= 0.3 is 17.9 Å². The zero-order valence-corrected chi connectivity index (χ0v) is 50.6. The Labute approximate surface area is 485 Å². The number of carbonyl (C=O) groups excluding carboxylic acids is 3. The first-order valence-electron chi connectivity index (χ1n) is 31.6. The molecule has 0 aromatic rings. The Morgan fingerprint density at radius 1 is 0.253 bits per heavy atom. The molecular weight excluding hydrogens is 973 g/mol. The number of allylic oxidation sites excluding steroid dienone is 28. The molecule has 0 fully saturated rings. The summed E-state index contributed by atoms with van der Waals surface area (Å²) in [5.41, 5.74) is 0. The number of carbonyl (C=O) groups is 3. The molecule has 0 amide bonds. The summed E-state index contributed by atoms with van der Waals surface area (Å²) in [5, 5.41) is 0. The Morgan fingerprint density at radius 2 is 0.481 bits per heavy atom. The van der Waals surface area contributed by atoms with Gasteiger partial charge in [-0.25, -0.2) is 0 Å². The van der Waals surface area contributed by atoms with E-state index in [0.29, 0.717) is 19.3 Å². The Morgan fingerprint density at radius 3 is 0.759 bits per heavy atom. The van der Waals surface area contributed by atoms with Gasteiger partial charge in [-0.15, -0.1) is 0 Å². The van der Waals surface area contributed by atoms with Crippen LogP contribution >= 0.6 is 0 Å². The molecule has 0 N–H and O–H groups in total. The third-order valence-corrected chi connectivity index (χ3v) is 12.7. The first-order chi connectivity index (χ1) is 39.0. The van der Waals surface area contributed by atoms with Gasteiger partial charge in [0.2, 0.25) is 0 Å². The molecule has 0 aliphatic carbocycles. The highest BCUT2D eigenvalue weighted by molar-refractivity contribution is 5.71. The van der Waals surface area contributed by atoms with E-state index >= 15 is 0 Å². The van der Waals surface area contributed by atoms with Crippen LogP contribution in [0.1, 0.15) is 252 Å². The summed E-state index contributed by atoms with van der Waals surface area (Å²) in [5.74, 6) is -1.03. The second-order valence-corrected chi connectivity index (χ2v) is 20.2. The van der Waals surface area contributed by atoms with Crippen LogP contribution in [0, 0.1) is 0 Å². The summed E-state index contributed by atoms with van der Waals surface area (Å²) in [7, 11) is 0. The van der Waals surface area contributed by atoms with Crippen molar-refractivity contribution in [3.05, 3.63) is 170 Å². The topological polar surface area (TPSA) is 78.9 Å². The fourth-order valence-electron chi connectivity index (χ4n) is 8.10. The Kier molecular flexibility index (Phi) is 61.0. The third kappa shape index (κ3) is 63.5. The van der Waals surface area contributed by atoms with Crippen molar-refractivity contribution in [1.82, 2.24) is 0 Å². The molecular formula is C73H114O6. The molecule has 442 valence electrons. The summed E-state index contributed by atoms with van der Waals surface area (Å²) in [6.45, 7) is 6.22. The molecule has 0 radical (unpaired) electrons. The van der Waals surface area contributed by atoms with Crippen molar-refractivity contribution in [3.63, 3.8) is 0 Å². The molecule has 0 aromatic carbocycles. The van der Waals surface area contributed by atoms with Crippen molar-refractivity contribution in [2.75, 3.05) is 13.2 Å². The lowest BCUT2D eigenvalue weighted by Gasteiger charge is -2.18. The normalized spacial score (nSPS) is 13.3. The number of hydrogen-bond acceptors (Lipinski definition) is 6. The second kappa shape index (κ2) is 65.3. The van der Waals surface area contributed by atoms with E-state index < -0.39 is 12.1 Å². The van der Waals surface area contributed by atoms with Gasteiger partial charge in [0.05, 0.1) is 0 Å². The molecule has 0 spiro atoms. The molecule has 0 saturated carbocycles. The van der Waals surface area contributed by atoms with Gasteiger partial charge in [-0.1, -0.05) is 268 Å². The summed E-state index contributed by atoms with van der Waals surface area (Å²) in [6, 6.07) is 0. The van der Waals surface area contributed by atoms with Crippen molar-refractivity contribution in [1.29, 1.82) is 0 Å². The minimum absolute atomic E-state index is 0.123. The summed E-state index contributed by atoms with van der Waals surface area (Å²) < 4.78 is 16.8. The number of esters is 3. The molecule has 0 aliphatic rings. The highest BCUT2D eigenvalue weighted by Gasteiger charge is 2.19. The third-order valence-electron chi connectivity index (χ3n) is 12.7. The lowest BCUT2D eigenvalue weighted by Crippen LogP contribution is -2.30. The first-order valence-corrected chi connectivity index (χ1v) is 31.6. The Balaban J connectivity index is 4.54. The number of unbranched alkanes of at least 4 members (excludes halogenated alkanes) is 16. The van der Waals surface area contributed by atoms with Crippen molar-refractivity contribution in [2.24, 2.45) is 0 Å². The van der Waals surface area contributed by atoms with Gasteiger partial charge in [-0.3, -0.25) is 14.4 Å². The molecule has 79 heavy (non-hydrogen) atoms. The van der Waals surface area contributed by atoms with Crippen LogP contribution in [0.5, 0.6) is 0 Å². The first kappa shape index (κ1) is 73.8. The number of ether oxygens (including phenoxy) is 3. The standard InChI is InChI=1S/C73H114O6/c1-4-7-10-13-16-19-22-25-28-31-34-35-36-37-40-42-45-48-51-54-57-60-63-66-72(75)78-69-70(79-73(76)67-64-61-58-55-52-49-46-43-39-33-30-27-24-21-18-15-12-9-6-3)68-77-71(74)65-62-59-56-53-50-47-44-41-38-32-29-26-23-20-17-14-11-8-5-2/h7-12,16-21,25-30,34-35,38-39,41,43,49,52,58,61,70H,4-6,13-15,22-24,31-33,36-37,40,42,44-48,50-51,53-57,59-60,62-69H2,1-3H3/b10-7-,11-8-,12-9-,19-16-,20-17-,21-18-,28-25-,29-26-,30-27-,35-34-,41-38-,43-39-,52-49-,61-58-. The van der Waals surface area contributed by atoms with Gasteiger partial charge < -0.3 is 14.2 Å². The van der Waals surface area contributed by atoms with Crippen LogP contribution < -0.4 is 0 Å². The van der Waals surface area contributed by atoms with E-state index in [0.717, 1.165) is 141 Å². The fraction of sp³-hybridized carbons (Fsp3) is 0.575. The summed E-state index contributed by atoms with van der Waals surface area (Å²) in [6.07, 6.45) is 96.5. The van der Waals surface area contributed by atoms with E-state index in [1.54, 1.807) is 0 Å². The van der Waals surface area contributed by atoms with Crippen molar-refractivity contribution >= 4 is 17.9 Å². The minimum Gasteiger partial charge on any atom is -0.462 e. The van der Waals surface area contributed by atoms with Crippen LogP contribution in [0.2, 0.25) is 0 Å². The lowest BCUT2D eigenvalue weighted by atomic mass is 10.1. The van der Waals surface area contributed by atoms with Crippen LogP contribution in [0.3, 0.4) is 0 Å². The average molecular weight is 1090 g/mol. The summed E-state index contributed by atoms with van der Waals surface area (Å²) >= 11 is 0. The van der Waals surface area contributed by atoms with Crippen molar-refractivity contribution in [3.8, 4) is 0 Å². The second-order valence-electron chi connectivity index (χ2n) is 20.2. The predicted octanol–water partition coefficient (Wildman–Crippen LogP) is 21.9. The predicted molar refractivity (Wildman–Crippen MR) is 343 cm³/mol. The fourth-order valence-corrected chi connectivity index (χ4v) is 8.10. The van der Waals surface area contributed by atoms with Gasteiger partial charge in [0, 0.05) is 19.3 Å². The van der Waals surface area contributed by atoms with E-state index in [1.807, 2.05) is 12.2 Å².